The van der Waals surface area contributed by atoms with Crippen molar-refractivity contribution < 1.29 is 5.21 Å². The molecular formula is C12H20N4OS. The Morgan fingerprint density at radius 1 is 1.33 bits per heavy atom. The van der Waals surface area contributed by atoms with Crippen LogP contribution in [0.5, 0.6) is 0 Å². The number of hydrogen-bond acceptors (Lipinski definition) is 5. The summed E-state index contributed by atoms with van der Waals surface area (Å²) in [7, 11) is 0. The first kappa shape index (κ1) is 13.3. The molecule has 6 heteroatoms. The lowest BCUT2D eigenvalue weighted by Crippen LogP contribution is -2.49. The van der Waals surface area contributed by atoms with Crippen LogP contribution in [0.2, 0.25) is 0 Å². The summed E-state index contributed by atoms with van der Waals surface area (Å²) in [6.07, 6.45) is 1.14. The van der Waals surface area contributed by atoms with E-state index in [9.17, 15) is 0 Å². The molecule has 1 aliphatic rings. The second kappa shape index (κ2) is 6.72. The number of rotatable bonds is 5. The van der Waals surface area contributed by atoms with Gasteiger partial charge in [-0.05, 0) is 17.9 Å². The maximum Gasteiger partial charge on any atom is 0.153 e. The molecule has 0 saturated carbocycles. The number of piperazine rings is 1. The number of hydrogen-bond donors (Lipinski definition) is 2. The van der Waals surface area contributed by atoms with Crippen molar-refractivity contribution in [1.82, 2.24) is 9.80 Å². The van der Waals surface area contributed by atoms with Gasteiger partial charge in [0.25, 0.3) is 0 Å². The number of oxime groups is 1. The summed E-state index contributed by atoms with van der Waals surface area (Å²) in [6.45, 7) is 5.78. The summed E-state index contributed by atoms with van der Waals surface area (Å²) in [5.74, 6) is 0.294. The molecule has 100 valence electrons. The minimum Gasteiger partial charge on any atom is -0.409 e. The number of amidine groups is 1. The molecule has 0 aromatic carbocycles. The average Bonchev–Trinajstić information content (AvgIpc) is 2.91. The van der Waals surface area contributed by atoms with Crippen molar-refractivity contribution in [3.05, 3.63) is 22.4 Å². The van der Waals surface area contributed by atoms with Crippen molar-refractivity contribution in [2.45, 2.75) is 6.42 Å². The third kappa shape index (κ3) is 3.97. The first-order valence-corrected chi connectivity index (χ1v) is 7.09. The van der Waals surface area contributed by atoms with Gasteiger partial charge in [-0.1, -0.05) is 11.2 Å². The summed E-state index contributed by atoms with van der Waals surface area (Å²) >= 11 is 1.83. The molecule has 0 aliphatic carbocycles. The molecule has 0 bridgehead atoms. The van der Waals surface area contributed by atoms with E-state index in [0.717, 1.165) is 39.1 Å². The Labute approximate surface area is 111 Å². The number of nitrogens with zero attached hydrogens (tertiary/aromatic N) is 3. The fourth-order valence-electron chi connectivity index (χ4n) is 2.15. The van der Waals surface area contributed by atoms with Crippen LogP contribution in [0.4, 0.5) is 0 Å². The smallest absolute Gasteiger partial charge is 0.153 e. The normalized spacial score (nSPS) is 19.2. The van der Waals surface area contributed by atoms with Crippen molar-refractivity contribution in [3.8, 4) is 0 Å². The Morgan fingerprint density at radius 3 is 2.67 bits per heavy atom. The summed E-state index contributed by atoms with van der Waals surface area (Å²) in [5, 5.41) is 13.7. The molecule has 18 heavy (non-hydrogen) atoms. The van der Waals surface area contributed by atoms with Gasteiger partial charge in [-0.3, -0.25) is 4.90 Å². The van der Waals surface area contributed by atoms with Crippen molar-refractivity contribution in [2.24, 2.45) is 10.9 Å². The molecule has 0 spiro atoms. The van der Waals surface area contributed by atoms with Gasteiger partial charge in [-0.2, -0.15) is 0 Å². The van der Waals surface area contributed by atoms with Gasteiger partial charge in [0.05, 0.1) is 6.54 Å². The van der Waals surface area contributed by atoms with Crippen molar-refractivity contribution in [3.63, 3.8) is 0 Å². The zero-order valence-electron chi connectivity index (χ0n) is 10.5. The van der Waals surface area contributed by atoms with Gasteiger partial charge in [0, 0.05) is 37.6 Å². The van der Waals surface area contributed by atoms with Crippen LogP contribution < -0.4 is 5.73 Å². The molecule has 3 N–H and O–H groups in total. The van der Waals surface area contributed by atoms with Crippen molar-refractivity contribution >= 4 is 17.2 Å². The van der Waals surface area contributed by atoms with E-state index in [1.807, 2.05) is 11.3 Å². The quantitative estimate of drug-likeness (QED) is 0.356. The maximum atomic E-state index is 8.53. The predicted molar refractivity (Wildman–Crippen MR) is 74.3 cm³/mol. The summed E-state index contributed by atoms with van der Waals surface area (Å²) in [6, 6.07) is 4.30. The molecular weight excluding hydrogens is 248 g/mol. The highest BCUT2D eigenvalue weighted by molar-refractivity contribution is 7.09. The topological polar surface area (TPSA) is 65.1 Å². The van der Waals surface area contributed by atoms with Crippen LogP contribution in [0.15, 0.2) is 22.7 Å². The standard InChI is InChI=1S/C12H20N4OS/c13-12(14-17)10-16-7-5-15(6-8-16)4-3-11-2-1-9-18-11/h1-2,9,17H,3-8,10H2,(H2,13,14). The fraction of sp³-hybridized carbons (Fsp3) is 0.583. The zero-order chi connectivity index (χ0) is 12.8. The van der Waals surface area contributed by atoms with E-state index in [1.54, 1.807) is 0 Å². The number of nitrogens with two attached hydrogens (primary N) is 1. The maximum absolute atomic E-state index is 8.53. The van der Waals surface area contributed by atoms with Gasteiger partial charge in [-0.15, -0.1) is 11.3 Å². The third-order valence-corrected chi connectivity index (χ3v) is 4.17. The van der Waals surface area contributed by atoms with Gasteiger partial charge >= 0.3 is 0 Å². The van der Waals surface area contributed by atoms with Gasteiger partial charge in [0.2, 0.25) is 0 Å². The van der Waals surface area contributed by atoms with Crippen LogP contribution in [-0.4, -0.2) is 60.1 Å². The molecule has 1 fully saturated rings. The summed E-state index contributed by atoms with van der Waals surface area (Å²) in [5.41, 5.74) is 5.51. The van der Waals surface area contributed by atoms with Gasteiger partial charge < -0.3 is 15.8 Å². The second-order valence-corrected chi connectivity index (χ2v) is 5.57. The fourth-order valence-corrected chi connectivity index (χ4v) is 2.85. The molecule has 1 aromatic heterocycles. The van der Waals surface area contributed by atoms with Crippen molar-refractivity contribution in [1.29, 1.82) is 0 Å². The molecule has 2 rings (SSSR count). The van der Waals surface area contributed by atoms with E-state index in [2.05, 4.69) is 32.5 Å². The molecule has 2 heterocycles. The zero-order valence-corrected chi connectivity index (χ0v) is 11.3. The molecule has 0 unspecified atom stereocenters. The molecule has 0 atom stereocenters. The van der Waals surface area contributed by atoms with Crippen LogP contribution in [0.1, 0.15) is 4.88 Å². The Hall–Kier alpha value is -1.11. The largest absolute Gasteiger partial charge is 0.409 e. The first-order valence-electron chi connectivity index (χ1n) is 6.21. The monoisotopic (exact) mass is 268 g/mol. The molecule has 1 aliphatic heterocycles. The molecule has 1 saturated heterocycles. The third-order valence-electron chi connectivity index (χ3n) is 3.23. The Balaban J connectivity index is 1.67. The minimum absolute atomic E-state index is 0.294. The summed E-state index contributed by atoms with van der Waals surface area (Å²) in [4.78, 5) is 6.15. The van der Waals surface area contributed by atoms with E-state index < -0.39 is 0 Å². The predicted octanol–water partition coefficient (Wildman–Crippen LogP) is 0.655. The van der Waals surface area contributed by atoms with Crippen LogP contribution in [0, 0.1) is 0 Å². The van der Waals surface area contributed by atoms with E-state index in [0.29, 0.717) is 12.4 Å². The second-order valence-electron chi connectivity index (χ2n) is 4.54. The SMILES string of the molecule is NC(CN1CCN(CCc2cccs2)CC1)=NO. The Morgan fingerprint density at radius 2 is 2.06 bits per heavy atom. The van der Waals surface area contributed by atoms with E-state index in [-0.39, 0.29) is 0 Å². The van der Waals surface area contributed by atoms with Crippen molar-refractivity contribution in [2.75, 3.05) is 39.3 Å². The number of thiophene rings is 1. The van der Waals surface area contributed by atoms with Crippen LogP contribution >= 0.6 is 11.3 Å². The highest BCUT2D eigenvalue weighted by Crippen LogP contribution is 2.10. The van der Waals surface area contributed by atoms with Gasteiger partial charge in [0.1, 0.15) is 0 Å². The molecule has 5 nitrogen and oxygen atoms in total. The van der Waals surface area contributed by atoms with Crippen LogP contribution in [0.3, 0.4) is 0 Å². The lowest BCUT2D eigenvalue weighted by atomic mass is 10.2. The Bertz CT molecular complexity index is 371. The van der Waals surface area contributed by atoms with Gasteiger partial charge in [-0.25, -0.2) is 0 Å². The molecule has 0 amide bonds. The van der Waals surface area contributed by atoms with Crippen LogP contribution in [-0.2, 0) is 6.42 Å². The highest BCUT2D eigenvalue weighted by Gasteiger charge is 2.17. The molecule has 0 radical (unpaired) electrons. The highest BCUT2D eigenvalue weighted by atomic mass is 32.1. The van der Waals surface area contributed by atoms with E-state index >= 15 is 0 Å². The van der Waals surface area contributed by atoms with E-state index in [4.69, 9.17) is 10.9 Å². The Kier molecular flexibility index (Phi) is 4.98. The summed E-state index contributed by atoms with van der Waals surface area (Å²) < 4.78 is 0. The lowest BCUT2D eigenvalue weighted by molar-refractivity contribution is 0.146. The average molecular weight is 268 g/mol. The van der Waals surface area contributed by atoms with Crippen LogP contribution in [0.25, 0.3) is 0 Å². The lowest BCUT2D eigenvalue weighted by Gasteiger charge is -2.34. The molecule has 1 aromatic rings. The minimum atomic E-state index is 0.294. The van der Waals surface area contributed by atoms with E-state index in [1.165, 1.54) is 4.88 Å². The van der Waals surface area contributed by atoms with Gasteiger partial charge in [0.15, 0.2) is 5.84 Å². The first-order chi connectivity index (χ1) is 8.78.